The quantitative estimate of drug-likeness (QED) is 0.153. The number of nitrogens with one attached hydrogen (secondary N) is 3. The largest absolute Gasteiger partial charge is 0.384 e. The number of fused-ring (bicyclic) bond motifs is 3. The van der Waals surface area contributed by atoms with E-state index in [9.17, 15) is 14.7 Å². The highest BCUT2D eigenvalue weighted by Gasteiger charge is 2.36. The van der Waals surface area contributed by atoms with E-state index in [-0.39, 0.29) is 41.6 Å². The van der Waals surface area contributed by atoms with Gasteiger partial charge in [0, 0.05) is 55.8 Å². The van der Waals surface area contributed by atoms with E-state index >= 15 is 0 Å². The molecule has 0 bridgehead atoms. The van der Waals surface area contributed by atoms with Gasteiger partial charge in [0.1, 0.15) is 5.60 Å². The lowest BCUT2D eigenvalue weighted by molar-refractivity contribution is -0.117. The summed E-state index contributed by atoms with van der Waals surface area (Å²) in [6.07, 6.45) is 8.53. The molecule has 0 spiro atoms. The maximum absolute atomic E-state index is 13.3. The lowest BCUT2D eigenvalue weighted by Gasteiger charge is -2.39. The van der Waals surface area contributed by atoms with Gasteiger partial charge in [-0.05, 0) is 77.0 Å². The highest BCUT2D eigenvalue weighted by atomic mass is 16.3. The zero-order valence-corrected chi connectivity index (χ0v) is 30.4. The van der Waals surface area contributed by atoms with Crippen LogP contribution in [0, 0.1) is 5.92 Å². The summed E-state index contributed by atoms with van der Waals surface area (Å²) in [6.45, 7) is 8.37. The monoisotopic (exact) mass is 704 g/mol. The molecule has 1 aromatic carbocycles. The van der Waals surface area contributed by atoms with Gasteiger partial charge in [0.25, 0.3) is 5.91 Å². The number of carbonyl (C=O) groups excluding carboxylic acids is 2. The highest BCUT2D eigenvalue weighted by molar-refractivity contribution is 6.01. The Kier molecular flexibility index (Phi) is 8.94. The molecule has 2 aliphatic heterocycles. The average molecular weight is 705 g/mol. The van der Waals surface area contributed by atoms with E-state index in [4.69, 9.17) is 10.1 Å². The number of hydrogen-bond acceptors (Lipinski definition) is 10. The zero-order valence-electron chi connectivity index (χ0n) is 30.4. The van der Waals surface area contributed by atoms with E-state index in [2.05, 4.69) is 60.7 Å². The molecule has 1 saturated heterocycles. The Morgan fingerprint density at radius 3 is 2.44 bits per heavy atom. The maximum Gasteiger partial charge on any atom is 0.274 e. The number of carbonyl (C=O) groups is 2. The van der Waals surface area contributed by atoms with Crippen LogP contribution in [0.25, 0.3) is 11.1 Å². The molecule has 2 amide bonds. The second kappa shape index (κ2) is 13.6. The fraction of sp³-hybridized carbons (Fsp3) is 0.487. The summed E-state index contributed by atoms with van der Waals surface area (Å²) in [5.41, 5.74) is 6.65. The van der Waals surface area contributed by atoms with Crippen LogP contribution in [-0.2, 0) is 16.9 Å². The first-order valence-corrected chi connectivity index (χ1v) is 18.7. The van der Waals surface area contributed by atoms with Crippen LogP contribution in [0.15, 0.2) is 48.7 Å². The van der Waals surface area contributed by atoms with E-state index < -0.39 is 5.60 Å². The average Bonchev–Trinajstić information content (AvgIpc) is 4.07. The second-order valence-corrected chi connectivity index (χ2v) is 15.3. The van der Waals surface area contributed by atoms with E-state index in [0.717, 1.165) is 92.8 Å². The number of aliphatic hydroxyl groups is 1. The summed E-state index contributed by atoms with van der Waals surface area (Å²) in [5.74, 6) is -0.0156. The molecular formula is C39H48N10O3. The smallest absolute Gasteiger partial charge is 0.274 e. The summed E-state index contributed by atoms with van der Waals surface area (Å²) >= 11 is 0. The number of nitrogens with zero attached hydrogens (tertiary/aromatic N) is 7. The van der Waals surface area contributed by atoms with Crippen molar-refractivity contribution in [1.82, 2.24) is 35.2 Å². The molecule has 13 heteroatoms. The summed E-state index contributed by atoms with van der Waals surface area (Å²) in [5, 5.41) is 33.5. The number of piperidine rings is 1. The molecule has 4 N–H and O–H groups in total. The Labute approximate surface area is 304 Å². The van der Waals surface area contributed by atoms with Gasteiger partial charge in [-0.3, -0.25) is 24.2 Å². The van der Waals surface area contributed by atoms with Crippen molar-refractivity contribution in [3.63, 3.8) is 0 Å². The lowest BCUT2D eigenvalue weighted by atomic mass is 9.91. The molecular weight excluding hydrogens is 656 g/mol. The Balaban J connectivity index is 1.05. The van der Waals surface area contributed by atoms with Crippen molar-refractivity contribution in [1.29, 1.82) is 0 Å². The molecule has 4 aliphatic rings. The predicted molar refractivity (Wildman–Crippen MR) is 199 cm³/mol. The van der Waals surface area contributed by atoms with Gasteiger partial charge < -0.3 is 26.0 Å². The Bertz CT molecular complexity index is 1990. The van der Waals surface area contributed by atoms with Crippen molar-refractivity contribution in [3.8, 4) is 11.1 Å². The molecule has 3 fully saturated rings. The topological polar surface area (TPSA) is 153 Å². The second-order valence-electron chi connectivity index (χ2n) is 15.3. The van der Waals surface area contributed by atoms with E-state index in [1.165, 1.54) is 5.69 Å². The minimum absolute atomic E-state index is 0.0137. The zero-order chi connectivity index (χ0) is 36.1. The molecule has 2 aliphatic carbocycles. The molecule has 272 valence electrons. The molecule has 3 aromatic heterocycles. The molecule has 13 nitrogen and oxygen atoms in total. The minimum atomic E-state index is -0.969. The SMILES string of the molecule is CC[C@H]1c2c(cnn2C2CCN(Cc3cccc(C(C)(C)O)n3)CC2)-c2cccc(Nc3cc(NC(=O)C4CC4)nnc3C(=O)NC3CC3)c2N1C. The third-order valence-electron chi connectivity index (χ3n) is 10.8. The maximum atomic E-state index is 13.3. The molecule has 52 heavy (non-hydrogen) atoms. The van der Waals surface area contributed by atoms with Gasteiger partial charge in [0.2, 0.25) is 5.91 Å². The van der Waals surface area contributed by atoms with Gasteiger partial charge >= 0.3 is 0 Å². The number of amides is 2. The molecule has 1 atom stereocenters. The van der Waals surface area contributed by atoms with Crippen molar-refractivity contribution < 1.29 is 14.7 Å². The summed E-state index contributed by atoms with van der Waals surface area (Å²) < 4.78 is 2.27. The van der Waals surface area contributed by atoms with Crippen LogP contribution in [0.5, 0.6) is 0 Å². The van der Waals surface area contributed by atoms with E-state index in [1.54, 1.807) is 19.9 Å². The van der Waals surface area contributed by atoms with Crippen LogP contribution in [0.2, 0.25) is 0 Å². The predicted octanol–water partition coefficient (Wildman–Crippen LogP) is 5.68. The van der Waals surface area contributed by atoms with Crippen LogP contribution >= 0.6 is 0 Å². The summed E-state index contributed by atoms with van der Waals surface area (Å²) in [7, 11) is 2.13. The van der Waals surface area contributed by atoms with Crippen LogP contribution < -0.4 is 20.9 Å². The fourth-order valence-corrected chi connectivity index (χ4v) is 7.63. The molecule has 4 aromatic rings. The summed E-state index contributed by atoms with van der Waals surface area (Å²) in [6, 6.07) is 14.3. The number of aromatic nitrogens is 5. The first-order valence-electron chi connectivity index (χ1n) is 18.7. The number of benzene rings is 1. The Morgan fingerprint density at radius 1 is 0.962 bits per heavy atom. The van der Waals surface area contributed by atoms with Crippen LogP contribution in [0.3, 0.4) is 0 Å². The van der Waals surface area contributed by atoms with Gasteiger partial charge in [0.15, 0.2) is 11.5 Å². The first kappa shape index (κ1) is 34.2. The van der Waals surface area contributed by atoms with Crippen LogP contribution in [-0.4, -0.2) is 73.0 Å². The van der Waals surface area contributed by atoms with E-state index in [1.807, 2.05) is 36.5 Å². The minimum Gasteiger partial charge on any atom is -0.384 e. The van der Waals surface area contributed by atoms with Gasteiger partial charge in [0.05, 0.1) is 52.4 Å². The van der Waals surface area contributed by atoms with E-state index in [0.29, 0.717) is 17.2 Å². The van der Waals surface area contributed by atoms with Crippen LogP contribution in [0.1, 0.15) is 105 Å². The highest BCUT2D eigenvalue weighted by Crippen LogP contribution is 2.50. The Hall–Kier alpha value is -4.88. The third-order valence-corrected chi connectivity index (χ3v) is 10.8. The van der Waals surface area contributed by atoms with Crippen molar-refractivity contribution in [2.45, 2.75) is 96.0 Å². The number of pyridine rings is 1. The van der Waals surface area contributed by atoms with Crippen molar-refractivity contribution in [2.75, 3.05) is 35.7 Å². The number of para-hydroxylation sites is 1. The molecule has 2 saturated carbocycles. The van der Waals surface area contributed by atoms with Crippen molar-refractivity contribution in [3.05, 3.63) is 71.4 Å². The van der Waals surface area contributed by atoms with Gasteiger partial charge in [-0.1, -0.05) is 25.1 Å². The summed E-state index contributed by atoms with van der Waals surface area (Å²) in [4.78, 5) is 35.4. The lowest BCUT2D eigenvalue weighted by Crippen LogP contribution is -2.37. The Morgan fingerprint density at radius 2 is 1.73 bits per heavy atom. The molecule has 0 unspecified atom stereocenters. The normalized spacial score (nSPS) is 19.2. The fourth-order valence-electron chi connectivity index (χ4n) is 7.63. The van der Waals surface area contributed by atoms with Crippen molar-refractivity contribution in [2.24, 2.45) is 5.92 Å². The number of likely N-dealkylation sites (tertiary alicyclic amines) is 1. The molecule has 0 radical (unpaired) electrons. The van der Waals surface area contributed by atoms with Crippen LogP contribution in [0.4, 0.5) is 22.9 Å². The van der Waals surface area contributed by atoms with Gasteiger partial charge in [-0.15, -0.1) is 10.2 Å². The van der Waals surface area contributed by atoms with Crippen molar-refractivity contribution >= 4 is 34.7 Å². The van der Waals surface area contributed by atoms with Gasteiger partial charge in [-0.2, -0.15) is 5.10 Å². The number of anilines is 4. The standard InChI is InChI=1S/C39H48N10O3/c1-5-31-36-28(21-40-49(36)26-16-18-48(19-17-26)22-25-8-6-11-32(41-25)39(2,3)52)27-9-7-10-29(35(27)47(31)4)43-30-20-33(44-37(50)23-12-13-23)45-46-34(30)38(51)42-24-14-15-24/h6-11,20-21,23-24,26,31,52H,5,12-19,22H2,1-4H3,(H,42,51)(H2,43,44,45,50)/t31-/m0/s1. The molecule has 5 heterocycles. The number of hydrogen-bond donors (Lipinski definition) is 4. The van der Waals surface area contributed by atoms with Gasteiger partial charge in [-0.25, -0.2) is 0 Å². The number of rotatable bonds is 11. The molecule has 8 rings (SSSR count). The third kappa shape index (κ3) is 6.86. The first-order chi connectivity index (χ1) is 25.1.